The van der Waals surface area contributed by atoms with E-state index >= 15 is 0 Å². The number of hydrogen-bond donors (Lipinski definition) is 1. The van der Waals surface area contributed by atoms with Gasteiger partial charge in [-0.25, -0.2) is 0 Å². The summed E-state index contributed by atoms with van der Waals surface area (Å²) in [5.41, 5.74) is 2.56. The molecule has 3 heteroatoms. The monoisotopic (exact) mass is 311 g/mol. The number of aryl methyl sites for hydroxylation is 1. The first-order valence-electron chi connectivity index (χ1n) is 6.69. The fourth-order valence-corrected chi connectivity index (χ4v) is 2.78. The Morgan fingerprint density at radius 1 is 1.44 bits per heavy atom. The lowest BCUT2D eigenvalue weighted by atomic mass is 9.94. The summed E-state index contributed by atoms with van der Waals surface area (Å²) in [5, 5.41) is 3.52. The molecule has 1 saturated heterocycles. The molecule has 1 aliphatic heterocycles. The van der Waals surface area contributed by atoms with Crippen LogP contribution in [0, 0.1) is 12.8 Å². The van der Waals surface area contributed by atoms with E-state index in [1.54, 1.807) is 0 Å². The van der Waals surface area contributed by atoms with Crippen LogP contribution in [0.15, 0.2) is 22.7 Å². The van der Waals surface area contributed by atoms with Gasteiger partial charge in [0.2, 0.25) is 0 Å². The van der Waals surface area contributed by atoms with E-state index in [2.05, 4.69) is 60.2 Å². The number of rotatable bonds is 4. The second kappa shape index (κ2) is 6.18. The minimum Gasteiger partial charge on any atom is -0.373 e. The third-order valence-electron chi connectivity index (χ3n) is 3.53. The Kier molecular flexibility index (Phi) is 4.82. The Morgan fingerprint density at radius 2 is 2.22 bits per heavy atom. The molecule has 0 bridgehead atoms. The molecule has 1 aromatic rings. The number of benzene rings is 1. The summed E-state index contributed by atoms with van der Waals surface area (Å²) in [5.74, 6) is 0.585. The van der Waals surface area contributed by atoms with E-state index in [4.69, 9.17) is 4.74 Å². The van der Waals surface area contributed by atoms with E-state index in [1.807, 2.05) is 0 Å². The fourth-order valence-electron chi connectivity index (χ4n) is 2.38. The van der Waals surface area contributed by atoms with E-state index in [1.165, 1.54) is 15.6 Å². The maximum atomic E-state index is 5.92. The molecule has 0 amide bonds. The van der Waals surface area contributed by atoms with Gasteiger partial charge in [-0.3, -0.25) is 0 Å². The van der Waals surface area contributed by atoms with Crippen LogP contribution in [0.3, 0.4) is 0 Å². The van der Waals surface area contributed by atoms with E-state index in [0.717, 1.165) is 19.6 Å². The first kappa shape index (κ1) is 14.0. The van der Waals surface area contributed by atoms with Crippen LogP contribution in [0.5, 0.6) is 0 Å². The van der Waals surface area contributed by atoms with Gasteiger partial charge in [0.25, 0.3) is 0 Å². The summed E-state index contributed by atoms with van der Waals surface area (Å²) in [4.78, 5) is 0. The van der Waals surface area contributed by atoms with Gasteiger partial charge in [0.15, 0.2) is 0 Å². The lowest BCUT2D eigenvalue weighted by molar-refractivity contribution is 0.0900. The molecular formula is C15H22BrNO. The first-order valence-corrected chi connectivity index (χ1v) is 7.48. The quantitative estimate of drug-likeness (QED) is 0.912. The predicted octanol–water partition coefficient (Wildman–Crippen LogP) is 3.83. The molecule has 1 fully saturated rings. The van der Waals surface area contributed by atoms with Crippen LogP contribution < -0.4 is 5.32 Å². The average Bonchev–Trinajstić information content (AvgIpc) is 2.78. The molecule has 0 spiro atoms. The van der Waals surface area contributed by atoms with Gasteiger partial charge in [0.1, 0.15) is 0 Å². The molecule has 100 valence electrons. The number of hydrogen-bond acceptors (Lipinski definition) is 2. The highest BCUT2D eigenvalue weighted by Crippen LogP contribution is 2.35. The Bertz CT molecular complexity index is 405. The zero-order chi connectivity index (χ0) is 13.1. The summed E-state index contributed by atoms with van der Waals surface area (Å²) in [6.45, 7) is 8.40. The first-order chi connectivity index (χ1) is 8.58. The molecule has 18 heavy (non-hydrogen) atoms. The van der Waals surface area contributed by atoms with Crippen LogP contribution in [0.25, 0.3) is 0 Å². The van der Waals surface area contributed by atoms with E-state index in [9.17, 15) is 0 Å². The van der Waals surface area contributed by atoms with Gasteiger partial charge in [-0.2, -0.15) is 0 Å². The highest BCUT2D eigenvalue weighted by molar-refractivity contribution is 9.10. The Hall–Kier alpha value is -0.380. The molecule has 1 N–H and O–H groups in total. The van der Waals surface area contributed by atoms with Crippen LogP contribution in [0.1, 0.15) is 37.5 Å². The van der Waals surface area contributed by atoms with Crippen molar-refractivity contribution in [1.29, 1.82) is 0 Å². The van der Waals surface area contributed by atoms with Gasteiger partial charge in [-0.1, -0.05) is 41.9 Å². The van der Waals surface area contributed by atoms with Crippen molar-refractivity contribution in [3.05, 3.63) is 33.8 Å². The second-order valence-electron chi connectivity index (χ2n) is 5.41. The molecule has 2 rings (SSSR count). The van der Waals surface area contributed by atoms with Gasteiger partial charge < -0.3 is 10.1 Å². The number of halogens is 1. The molecule has 1 aliphatic rings. The van der Waals surface area contributed by atoms with Crippen molar-refractivity contribution < 1.29 is 4.74 Å². The highest BCUT2D eigenvalue weighted by atomic mass is 79.9. The lowest BCUT2D eigenvalue weighted by Crippen LogP contribution is -2.30. The summed E-state index contributed by atoms with van der Waals surface area (Å²) >= 11 is 3.60. The largest absolute Gasteiger partial charge is 0.373 e. The molecule has 0 saturated carbocycles. The molecule has 0 aromatic heterocycles. The molecule has 2 nitrogen and oxygen atoms in total. The molecule has 0 aliphatic carbocycles. The lowest BCUT2D eigenvalue weighted by Gasteiger charge is -2.21. The van der Waals surface area contributed by atoms with Crippen molar-refractivity contribution in [2.24, 2.45) is 5.92 Å². The minimum absolute atomic E-state index is 0.244. The Labute approximate surface area is 118 Å². The van der Waals surface area contributed by atoms with Gasteiger partial charge in [0.05, 0.1) is 6.10 Å². The average molecular weight is 312 g/mol. The summed E-state index contributed by atoms with van der Waals surface area (Å²) < 4.78 is 7.09. The van der Waals surface area contributed by atoms with Crippen molar-refractivity contribution in [2.45, 2.75) is 39.3 Å². The molecule has 2 atom stereocenters. The number of nitrogens with one attached hydrogen (secondary N) is 1. The van der Waals surface area contributed by atoms with Crippen molar-refractivity contribution in [3.8, 4) is 0 Å². The fraction of sp³-hybridized carbons (Fsp3) is 0.600. The highest BCUT2D eigenvalue weighted by Gasteiger charge is 2.29. The maximum Gasteiger partial charge on any atom is 0.0866 e. The van der Waals surface area contributed by atoms with Gasteiger partial charge in [0, 0.05) is 29.6 Å². The van der Waals surface area contributed by atoms with Crippen LogP contribution in [0.2, 0.25) is 0 Å². The second-order valence-corrected chi connectivity index (χ2v) is 6.27. The van der Waals surface area contributed by atoms with Crippen molar-refractivity contribution >= 4 is 15.9 Å². The molecule has 2 unspecified atom stereocenters. The van der Waals surface area contributed by atoms with E-state index < -0.39 is 0 Å². The Morgan fingerprint density at radius 3 is 2.89 bits per heavy atom. The van der Waals surface area contributed by atoms with Crippen LogP contribution in [-0.4, -0.2) is 19.2 Å². The van der Waals surface area contributed by atoms with Gasteiger partial charge >= 0.3 is 0 Å². The standard InChI is InChI=1S/C15H22BrNO/c1-10(2)17-9-13-6-7-18-15(13)12-5-4-11(3)14(16)8-12/h4-5,8,10,13,15,17H,6-7,9H2,1-3H3. The van der Waals surface area contributed by atoms with Crippen LogP contribution >= 0.6 is 15.9 Å². The molecular weight excluding hydrogens is 290 g/mol. The number of ether oxygens (including phenoxy) is 1. The summed E-state index contributed by atoms with van der Waals surface area (Å²) in [6.07, 6.45) is 1.39. The van der Waals surface area contributed by atoms with Gasteiger partial charge in [-0.05, 0) is 30.5 Å². The third kappa shape index (κ3) is 3.34. The van der Waals surface area contributed by atoms with Crippen molar-refractivity contribution in [1.82, 2.24) is 5.32 Å². The SMILES string of the molecule is Cc1ccc(C2OCCC2CNC(C)C)cc1Br. The molecule has 0 radical (unpaired) electrons. The van der Waals surface area contributed by atoms with Crippen molar-refractivity contribution in [2.75, 3.05) is 13.2 Å². The van der Waals surface area contributed by atoms with Crippen LogP contribution in [0.4, 0.5) is 0 Å². The topological polar surface area (TPSA) is 21.3 Å². The zero-order valence-corrected chi connectivity index (χ0v) is 13.0. The molecule has 1 heterocycles. The normalized spacial score (nSPS) is 23.8. The smallest absolute Gasteiger partial charge is 0.0866 e. The zero-order valence-electron chi connectivity index (χ0n) is 11.4. The predicted molar refractivity (Wildman–Crippen MR) is 78.8 cm³/mol. The van der Waals surface area contributed by atoms with E-state index in [-0.39, 0.29) is 6.10 Å². The van der Waals surface area contributed by atoms with Crippen LogP contribution in [-0.2, 0) is 4.74 Å². The van der Waals surface area contributed by atoms with Gasteiger partial charge in [-0.15, -0.1) is 0 Å². The van der Waals surface area contributed by atoms with E-state index in [0.29, 0.717) is 12.0 Å². The van der Waals surface area contributed by atoms with Crippen molar-refractivity contribution in [3.63, 3.8) is 0 Å². The summed E-state index contributed by atoms with van der Waals surface area (Å²) in [7, 11) is 0. The minimum atomic E-state index is 0.244. The molecule has 1 aromatic carbocycles. The third-order valence-corrected chi connectivity index (χ3v) is 4.38. The summed E-state index contributed by atoms with van der Waals surface area (Å²) in [6, 6.07) is 7.09. The Balaban J connectivity index is 2.08. The maximum absolute atomic E-state index is 5.92.